The number of aromatic nitrogens is 1. The Bertz CT molecular complexity index is 1660. The van der Waals surface area contributed by atoms with Gasteiger partial charge in [0.1, 0.15) is 13.2 Å². The second-order valence-electron chi connectivity index (χ2n) is 10.4. The van der Waals surface area contributed by atoms with Gasteiger partial charge in [-0.3, -0.25) is 9.59 Å². The number of carbonyl (C=O) groups excluding carboxylic acids is 2. The first-order valence-electron chi connectivity index (χ1n) is 15.0. The highest BCUT2D eigenvalue weighted by atomic mass is 16.5. The van der Waals surface area contributed by atoms with Crippen LogP contribution in [0.1, 0.15) is 47.3 Å². The fraction of sp³-hybridized carbons (Fsp3) is 0.216. The zero-order valence-electron chi connectivity index (χ0n) is 26.2. The Hall–Kier alpha value is -5.37. The molecule has 1 aromatic heterocycles. The summed E-state index contributed by atoms with van der Waals surface area (Å²) in [6, 6.07) is 24.8. The van der Waals surface area contributed by atoms with E-state index in [1.54, 1.807) is 13.1 Å². The Morgan fingerprint density at radius 1 is 0.889 bits per heavy atom. The van der Waals surface area contributed by atoms with Crippen LogP contribution in [0.5, 0.6) is 11.5 Å². The third-order valence-corrected chi connectivity index (χ3v) is 6.90. The SMILES string of the molecule is C/C=C\C(=C/CC)COc1cc(CC(=O)Nc2cc(C(=O)NC)cnc2Nc2ccccc2C)ccc1OCc1ccccc1. The first-order chi connectivity index (χ1) is 21.9. The van der Waals surface area contributed by atoms with Gasteiger partial charge in [-0.1, -0.05) is 79.7 Å². The predicted molar refractivity (Wildman–Crippen MR) is 180 cm³/mol. The van der Waals surface area contributed by atoms with Crippen LogP contribution in [0.2, 0.25) is 0 Å². The third kappa shape index (κ3) is 9.56. The van der Waals surface area contributed by atoms with Crippen molar-refractivity contribution in [3.63, 3.8) is 0 Å². The Morgan fingerprint density at radius 3 is 2.40 bits per heavy atom. The highest BCUT2D eigenvalue weighted by Gasteiger charge is 2.16. The summed E-state index contributed by atoms with van der Waals surface area (Å²) in [4.78, 5) is 30.2. The second-order valence-corrected chi connectivity index (χ2v) is 10.4. The highest BCUT2D eigenvalue weighted by Crippen LogP contribution is 2.31. The van der Waals surface area contributed by atoms with E-state index in [9.17, 15) is 9.59 Å². The first-order valence-corrected chi connectivity index (χ1v) is 15.0. The van der Waals surface area contributed by atoms with E-state index in [0.717, 1.165) is 34.4 Å². The summed E-state index contributed by atoms with van der Waals surface area (Å²) in [5.74, 6) is 0.989. The van der Waals surface area contributed by atoms with Crippen LogP contribution in [0, 0.1) is 6.92 Å². The second kappa shape index (κ2) is 16.5. The molecule has 0 saturated carbocycles. The number of rotatable bonds is 14. The minimum atomic E-state index is -0.303. The molecule has 2 amide bonds. The Labute approximate surface area is 265 Å². The number of ether oxygens (including phenoxy) is 2. The maximum atomic E-state index is 13.4. The monoisotopic (exact) mass is 604 g/mol. The van der Waals surface area contributed by atoms with Crippen molar-refractivity contribution in [3.05, 3.63) is 131 Å². The smallest absolute Gasteiger partial charge is 0.252 e. The minimum Gasteiger partial charge on any atom is -0.485 e. The molecule has 0 unspecified atom stereocenters. The van der Waals surface area contributed by atoms with E-state index >= 15 is 0 Å². The molecular formula is C37H40N4O4. The van der Waals surface area contributed by atoms with Crippen LogP contribution in [0.4, 0.5) is 17.2 Å². The number of benzene rings is 3. The van der Waals surface area contributed by atoms with E-state index in [1.165, 1.54) is 6.20 Å². The summed E-state index contributed by atoms with van der Waals surface area (Å²) in [7, 11) is 1.55. The molecule has 45 heavy (non-hydrogen) atoms. The van der Waals surface area contributed by atoms with Crippen molar-refractivity contribution in [1.29, 1.82) is 0 Å². The van der Waals surface area contributed by atoms with Crippen molar-refractivity contribution < 1.29 is 19.1 Å². The summed E-state index contributed by atoms with van der Waals surface area (Å²) in [6.45, 7) is 6.78. The number of carbonyl (C=O) groups is 2. The summed E-state index contributed by atoms with van der Waals surface area (Å²) in [5.41, 5.74) is 5.41. The van der Waals surface area contributed by atoms with Crippen LogP contribution in [-0.4, -0.2) is 30.5 Å². The molecule has 8 heteroatoms. The molecule has 0 spiro atoms. The van der Waals surface area contributed by atoms with Crippen molar-refractivity contribution in [2.75, 3.05) is 24.3 Å². The summed E-state index contributed by atoms with van der Waals surface area (Å²) in [5, 5.41) is 8.83. The molecular weight excluding hydrogens is 564 g/mol. The van der Waals surface area contributed by atoms with Crippen LogP contribution in [0.3, 0.4) is 0 Å². The van der Waals surface area contributed by atoms with Crippen LogP contribution < -0.4 is 25.4 Å². The number of anilines is 3. The predicted octanol–water partition coefficient (Wildman–Crippen LogP) is 7.54. The van der Waals surface area contributed by atoms with Gasteiger partial charge in [-0.15, -0.1) is 0 Å². The lowest BCUT2D eigenvalue weighted by atomic mass is 10.1. The topological polar surface area (TPSA) is 102 Å². The number of allylic oxidation sites excluding steroid dienone is 2. The number of nitrogens with one attached hydrogen (secondary N) is 3. The number of hydrogen-bond donors (Lipinski definition) is 3. The molecule has 0 atom stereocenters. The van der Waals surface area contributed by atoms with E-state index in [-0.39, 0.29) is 18.2 Å². The fourth-order valence-electron chi connectivity index (χ4n) is 4.59. The number of nitrogens with zero attached hydrogens (tertiary/aromatic N) is 1. The largest absolute Gasteiger partial charge is 0.485 e. The van der Waals surface area contributed by atoms with Crippen LogP contribution in [0.25, 0.3) is 0 Å². The molecule has 8 nitrogen and oxygen atoms in total. The molecule has 0 aliphatic rings. The normalized spacial score (nSPS) is 11.2. The molecule has 3 aromatic carbocycles. The average molecular weight is 605 g/mol. The van der Waals surface area contributed by atoms with E-state index in [4.69, 9.17) is 9.47 Å². The summed E-state index contributed by atoms with van der Waals surface area (Å²) >= 11 is 0. The van der Waals surface area contributed by atoms with Gasteiger partial charge < -0.3 is 25.4 Å². The molecule has 0 bridgehead atoms. The number of aryl methyl sites for hydroxylation is 1. The maximum absolute atomic E-state index is 13.4. The van der Waals surface area contributed by atoms with Crippen molar-refractivity contribution >= 4 is 29.0 Å². The molecule has 3 N–H and O–H groups in total. The molecule has 4 rings (SSSR count). The van der Waals surface area contributed by atoms with Gasteiger partial charge in [0.15, 0.2) is 17.3 Å². The van der Waals surface area contributed by atoms with Crippen LogP contribution >= 0.6 is 0 Å². The number of amides is 2. The lowest BCUT2D eigenvalue weighted by Gasteiger charge is -2.16. The maximum Gasteiger partial charge on any atom is 0.252 e. The van der Waals surface area contributed by atoms with Gasteiger partial charge in [0.05, 0.1) is 17.7 Å². The van der Waals surface area contributed by atoms with E-state index in [2.05, 4.69) is 33.9 Å². The molecule has 0 saturated heterocycles. The van der Waals surface area contributed by atoms with Crippen molar-refractivity contribution in [2.45, 2.75) is 40.2 Å². The van der Waals surface area contributed by atoms with Gasteiger partial charge in [-0.25, -0.2) is 4.98 Å². The van der Waals surface area contributed by atoms with E-state index in [0.29, 0.717) is 41.8 Å². The third-order valence-electron chi connectivity index (χ3n) is 6.90. The van der Waals surface area contributed by atoms with Crippen molar-refractivity contribution in [3.8, 4) is 11.5 Å². The van der Waals surface area contributed by atoms with Gasteiger partial charge in [0, 0.05) is 18.9 Å². The zero-order chi connectivity index (χ0) is 32.0. The number of pyridine rings is 1. The van der Waals surface area contributed by atoms with Crippen molar-refractivity contribution in [1.82, 2.24) is 10.3 Å². The summed E-state index contributed by atoms with van der Waals surface area (Å²) in [6.07, 6.45) is 8.55. The summed E-state index contributed by atoms with van der Waals surface area (Å²) < 4.78 is 12.4. The molecule has 4 aromatic rings. The lowest BCUT2D eigenvalue weighted by molar-refractivity contribution is -0.115. The minimum absolute atomic E-state index is 0.0653. The molecule has 0 aliphatic carbocycles. The quantitative estimate of drug-likeness (QED) is 0.129. The van der Waals surface area contributed by atoms with Crippen molar-refractivity contribution in [2.24, 2.45) is 0 Å². The number of hydrogen-bond acceptors (Lipinski definition) is 6. The first kappa shape index (κ1) is 32.5. The Kier molecular flexibility index (Phi) is 11.9. The standard InChI is InChI=1S/C37H40N4O4/c1-5-12-27(13-6-2)24-45-34-20-29(18-19-33(34)44-25-28-15-8-7-9-16-28)21-35(42)40-32-22-30(37(43)38-4)23-39-36(32)41-31-17-11-10-14-26(31)3/h5,7-20,22-23H,6,21,24-25H2,1-4H3,(H,38,43)(H,39,41)(H,40,42)/b12-5-,27-13+. The van der Waals surface area contributed by atoms with Gasteiger partial charge in [0.2, 0.25) is 5.91 Å². The van der Waals surface area contributed by atoms with E-state index in [1.807, 2.05) is 98.8 Å². The van der Waals surface area contributed by atoms with Gasteiger partial charge in [-0.05, 0) is 66.8 Å². The van der Waals surface area contributed by atoms with Gasteiger partial charge in [-0.2, -0.15) is 0 Å². The van der Waals surface area contributed by atoms with E-state index < -0.39 is 0 Å². The Balaban J connectivity index is 1.56. The molecule has 0 aliphatic heterocycles. The molecule has 232 valence electrons. The lowest BCUT2D eigenvalue weighted by Crippen LogP contribution is -2.20. The fourth-order valence-corrected chi connectivity index (χ4v) is 4.59. The zero-order valence-corrected chi connectivity index (χ0v) is 26.2. The molecule has 1 heterocycles. The van der Waals surface area contributed by atoms with Gasteiger partial charge >= 0.3 is 0 Å². The van der Waals surface area contributed by atoms with Gasteiger partial charge in [0.25, 0.3) is 5.91 Å². The molecule has 0 radical (unpaired) electrons. The average Bonchev–Trinajstić information content (AvgIpc) is 3.05. The van der Waals surface area contributed by atoms with Crippen LogP contribution in [-0.2, 0) is 17.8 Å². The van der Waals surface area contributed by atoms with Crippen LogP contribution in [0.15, 0.2) is 109 Å². The Morgan fingerprint density at radius 2 is 1.67 bits per heavy atom. The highest BCUT2D eigenvalue weighted by molar-refractivity contribution is 5.99. The molecule has 0 fully saturated rings. The number of para-hydroxylation sites is 1.